The molecule has 4 atom stereocenters. The molecule has 0 radical (unpaired) electrons. The Morgan fingerprint density at radius 3 is 3.00 bits per heavy atom. The maximum atomic E-state index is 5.95. The zero-order chi connectivity index (χ0) is 11.8. The van der Waals surface area contributed by atoms with E-state index in [4.69, 9.17) is 4.74 Å². The molecule has 0 amide bonds. The summed E-state index contributed by atoms with van der Waals surface area (Å²) in [5.41, 5.74) is 1.23. The van der Waals surface area contributed by atoms with Crippen LogP contribution >= 0.6 is 11.3 Å². The first-order valence-electron chi connectivity index (χ1n) is 6.50. The molecular weight excluding hydrogens is 232 g/mol. The lowest BCUT2D eigenvalue weighted by atomic mass is 9.82. The number of fused-ring (bicyclic) bond motifs is 2. The van der Waals surface area contributed by atoms with Crippen molar-refractivity contribution < 1.29 is 4.74 Å². The highest BCUT2D eigenvalue weighted by atomic mass is 32.1. The van der Waals surface area contributed by atoms with Gasteiger partial charge in [0.25, 0.3) is 0 Å². The van der Waals surface area contributed by atoms with Crippen molar-refractivity contribution in [2.75, 3.05) is 7.05 Å². The highest BCUT2D eigenvalue weighted by Crippen LogP contribution is 2.40. The SMILES string of the molecule is CNC(Cc1csc(C)n1)C1CC2CCC1O2. The van der Waals surface area contributed by atoms with E-state index in [0.717, 1.165) is 6.42 Å². The number of likely N-dealkylation sites (N-methyl/N-ethyl adjacent to an activating group) is 1. The molecule has 1 N–H and O–H groups in total. The molecule has 1 aromatic rings. The third-order valence-corrected chi connectivity index (χ3v) is 4.96. The van der Waals surface area contributed by atoms with E-state index in [0.29, 0.717) is 24.2 Å². The first kappa shape index (κ1) is 11.6. The number of thiazole rings is 1. The summed E-state index contributed by atoms with van der Waals surface area (Å²) in [6, 6.07) is 0.520. The van der Waals surface area contributed by atoms with Crippen molar-refractivity contribution in [2.45, 2.75) is 50.9 Å². The predicted molar refractivity (Wildman–Crippen MR) is 69.4 cm³/mol. The fraction of sp³-hybridized carbons (Fsp3) is 0.769. The number of ether oxygens (including phenoxy) is 1. The topological polar surface area (TPSA) is 34.2 Å². The third kappa shape index (κ3) is 2.26. The summed E-state index contributed by atoms with van der Waals surface area (Å²) in [7, 11) is 2.07. The van der Waals surface area contributed by atoms with Gasteiger partial charge in [0.1, 0.15) is 0 Å². The van der Waals surface area contributed by atoms with Crippen molar-refractivity contribution in [3.63, 3.8) is 0 Å². The Bertz CT molecular complexity index is 393. The molecule has 0 saturated carbocycles. The molecule has 17 heavy (non-hydrogen) atoms. The monoisotopic (exact) mass is 252 g/mol. The minimum atomic E-state index is 0.497. The number of aryl methyl sites for hydroxylation is 1. The molecule has 1 aromatic heterocycles. The molecule has 3 heterocycles. The van der Waals surface area contributed by atoms with Crippen molar-refractivity contribution in [1.29, 1.82) is 0 Å². The van der Waals surface area contributed by atoms with Crippen LogP contribution in [0.5, 0.6) is 0 Å². The largest absolute Gasteiger partial charge is 0.375 e. The average molecular weight is 252 g/mol. The smallest absolute Gasteiger partial charge is 0.0897 e. The second kappa shape index (κ2) is 4.67. The molecule has 0 spiro atoms. The first-order valence-corrected chi connectivity index (χ1v) is 7.38. The van der Waals surface area contributed by atoms with E-state index in [1.807, 2.05) is 0 Å². The second-order valence-corrected chi connectivity index (χ2v) is 6.29. The molecule has 94 valence electrons. The van der Waals surface area contributed by atoms with Gasteiger partial charge in [-0.05, 0) is 33.2 Å². The van der Waals surface area contributed by atoms with E-state index in [1.54, 1.807) is 11.3 Å². The van der Waals surface area contributed by atoms with E-state index in [2.05, 4.69) is 29.7 Å². The Balaban J connectivity index is 1.67. The van der Waals surface area contributed by atoms with Gasteiger partial charge in [0.2, 0.25) is 0 Å². The van der Waals surface area contributed by atoms with Gasteiger partial charge in [-0.15, -0.1) is 11.3 Å². The minimum absolute atomic E-state index is 0.497. The number of nitrogens with zero attached hydrogens (tertiary/aromatic N) is 1. The number of aromatic nitrogens is 1. The molecule has 3 rings (SSSR count). The predicted octanol–water partition coefficient (Wildman–Crippen LogP) is 2.15. The van der Waals surface area contributed by atoms with E-state index >= 15 is 0 Å². The van der Waals surface area contributed by atoms with E-state index in [1.165, 1.54) is 30.0 Å². The highest BCUT2D eigenvalue weighted by Gasteiger charge is 2.43. The third-order valence-electron chi connectivity index (χ3n) is 4.14. The zero-order valence-corrected chi connectivity index (χ0v) is 11.3. The van der Waals surface area contributed by atoms with Gasteiger partial charge in [-0.1, -0.05) is 0 Å². The van der Waals surface area contributed by atoms with Crippen molar-refractivity contribution in [2.24, 2.45) is 5.92 Å². The summed E-state index contributed by atoms with van der Waals surface area (Å²) in [6.07, 6.45) is 5.84. The molecule has 4 heteroatoms. The molecule has 2 aliphatic rings. The fourth-order valence-corrected chi connectivity index (χ4v) is 3.92. The summed E-state index contributed by atoms with van der Waals surface area (Å²) in [4.78, 5) is 4.57. The molecule has 2 saturated heterocycles. The second-order valence-electron chi connectivity index (χ2n) is 5.23. The van der Waals surface area contributed by atoms with Crippen LogP contribution in [-0.4, -0.2) is 30.3 Å². The summed E-state index contributed by atoms with van der Waals surface area (Å²) in [5.74, 6) is 0.681. The number of hydrogen-bond donors (Lipinski definition) is 1. The quantitative estimate of drug-likeness (QED) is 0.891. The van der Waals surface area contributed by atoms with Crippen LogP contribution in [-0.2, 0) is 11.2 Å². The average Bonchev–Trinajstić information content (AvgIpc) is 3.01. The fourth-order valence-electron chi connectivity index (χ4n) is 3.30. The van der Waals surface area contributed by atoms with Crippen molar-refractivity contribution in [3.8, 4) is 0 Å². The molecule has 3 nitrogen and oxygen atoms in total. The highest BCUT2D eigenvalue weighted by molar-refractivity contribution is 7.09. The van der Waals surface area contributed by atoms with Crippen LogP contribution in [0.15, 0.2) is 5.38 Å². The van der Waals surface area contributed by atoms with Crippen LogP contribution in [0.4, 0.5) is 0 Å². The van der Waals surface area contributed by atoms with Crippen LogP contribution in [0, 0.1) is 12.8 Å². The number of nitrogens with one attached hydrogen (secondary N) is 1. The lowest BCUT2D eigenvalue weighted by molar-refractivity contribution is 0.0863. The minimum Gasteiger partial charge on any atom is -0.375 e. The van der Waals surface area contributed by atoms with Crippen LogP contribution in [0.25, 0.3) is 0 Å². The Labute approximate surface area is 107 Å². The van der Waals surface area contributed by atoms with E-state index < -0.39 is 0 Å². The van der Waals surface area contributed by atoms with Gasteiger partial charge in [0, 0.05) is 23.8 Å². The lowest BCUT2D eigenvalue weighted by Crippen LogP contribution is -2.40. The first-order chi connectivity index (χ1) is 8.26. The van der Waals surface area contributed by atoms with Gasteiger partial charge in [0.15, 0.2) is 0 Å². The number of rotatable bonds is 4. The lowest BCUT2D eigenvalue weighted by Gasteiger charge is -2.27. The maximum absolute atomic E-state index is 5.95. The van der Waals surface area contributed by atoms with Gasteiger partial charge in [-0.25, -0.2) is 4.98 Å². The summed E-state index contributed by atoms with van der Waals surface area (Å²) < 4.78 is 5.95. The van der Waals surface area contributed by atoms with Crippen molar-refractivity contribution >= 4 is 11.3 Å². The van der Waals surface area contributed by atoms with Crippen molar-refractivity contribution in [1.82, 2.24) is 10.3 Å². The van der Waals surface area contributed by atoms with Gasteiger partial charge < -0.3 is 10.1 Å². The summed E-state index contributed by atoms with van der Waals surface area (Å²) >= 11 is 1.74. The van der Waals surface area contributed by atoms with Gasteiger partial charge >= 0.3 is 0 Å². The van der Waals surface area contributed by atoms with E-state index in [-0.39, 0.29) is 0 Å². The van der Waals surface area contributed by atoms with Crippen LogP contribution in [0.3, 0.4) is 0 Å². The molecule has 2 fully saturated rings. The van der Waals surface area contributed by atoms with Gasteiger partial charge in [-0.3, -0.25) is 0 Å². The van der Waals surface area contributed by atoms with Gasteiger partial charge in [0.05, 0.1) is 22.9 Å². The van der Waals surface area contributed by atoms with Gasteiger partial charge in [-0.2, -0.15) is 0 Å². The Morgan fingerprint density at radius 1 is 1.59 bits per heavy atom. The normalized spacial score (nSPS) is 33.2. The Kier molecular flexibility index (Phi) is 3.19. The Morgan fingerprint density at radius 2 is 2.47 bits per heavy atom. The molecule has 4 unspecified atom stereocenters. The molecule has 0 aliphatic carbocycles. The van der Waals surface area contributed by atoms with Crippen LogP contribution < -0.4 is 5.32 Å². The maximum Gasteiger partial charge on any atom is 0.0897 e. The standard InChI is InChI=1S/C13H20N2OS/c1-8-15-9(7-17-8)5-12(14-2)11-6-10-3-4-13(11)16-10/h7,10-14H,3-6H2,1-2H3. The zero-order valence-electron chi connectivity index (χ0n) is 10.5. The molecule has 0 aromatic carbocycles. The summed E-state index contributed by atoms with van der Waals surface area (Å²) in [5, 5.41) is 6.83. The molecular formula is C13H20N2OS. The molecule has 2 bridgehead atoms. The number of hydrogen-bond acceptors (Lipinski definition) is 4. The molecule has 2 aliphatic heterocycles. The Hall–Kier alpha value is -0.450. The van der Waals surface area contributed by atoms with Crippen LogP contribution in [0.2, 0.25) is 0 Å². The van der Waals surface area contributed by atoms with Crippen LogP contribution in [0.1, 0.15) is 30.0 Å². The summed E-state index contributed by atoms with van der Waals surface area (Å²) in [6.45, 7) is 2.07. The van der Waals surface area contributed by atoms with E-state index in [9.17, 15) is 0 Å². The van der Waals surface area contributed by atoms with Crippen molar-refractivity contribution in [3.05, 3.63) is 16.1 Å².